The van der Waals surface area contributed by atoms with Crippen LogP contribution in [0.1, 0.15) is 62.5 Å². The van der Waals surface area contributed by atoms with Crippen LogP contribution in [0.25, 0.3) is 22.0 Å². The summed E-state index contributed by atoms with van der Waals surface area (Å²) in [5.41, 5.74) is 5.52. The number of rotatable bonds is 6. The summed E-state index contributed by atoms with van der Waals surface area (Å²) in [6, 6.07) is 15.5. The number of piperidine rings is 2. The van der Waals surface area contributed by atoms with E-state index < -0.39 is 15.4 Å². The SMILES string of the molecule is Cc1ccc(S(=O)(=O)Nc2cc(-c3ccc4ncc5c(c4c3)C3(CCC3)C(=O)N5C)cnc2N2CCC(N3CCCCC3)CC2)cc1.Cl. The number of sulfonamides is 1. The number of nitrogens with zero attached hydrogens (tertiary/aromatic N) is 5. The first kappa shape index (κ1) is 32.8. The van der Waals surface area contributed by atoms with Crippen LogP contribution in [-0.4, -0.2) is 68.5 Å². The maximum absolute atomic E-state index is 13.7. The van der Waals surface area contributed by atoms with Crippen molar-refractivity contribution < 1.29 is 13.2 Å². The lowest BCUT2D eigenvalue weighted by molar-refractivity contribution is -0.125. The summed E-state index contributed by atoms with van der Waals surface area (Å²) < 4.78 is 30.4. The lowest BCUT2D eigenvalue weighted by atomic mass is 9.64. The van der Waals surface area contributed by atoms with Crippen LogP contribution in [-0.2, 0) is 20.2 Å². The van der Waals surface area contributed by atoms with Gasteiger partial charge in [0.05, 0.1) is 33.4 Å². The standard InChI is InChI=1S/C37H42N6O3S.ClH/c1-25-7-10-29(11-8-25)47(45,46)40-32-22-27(23-39-35(32)43-19-13-28(14-20-43)42-17-4-3-5-18-42)26-9-12-31-30(21-26)34-33(24-38-31)41(2)36(44)37(34)15-6-16-37;/h7-12,21-24,28,40H,3-6,13-20H2,1-2H3;1H. The Morgan fingerprint density at radius 1 is 0.854 bits per heavy atom. The second kappa shape index (κ2) is 12.6. The highest BCUT2D eigenvalue weighted by Crippen LogP contribution is 2.55. The topological polar surface area (TPSA) is 98.7 Å². The third kappa shape index (κ3) is 5.51. The first-order valence-electron chi connectivity index (χ1n) is 17.0. The molecule has 1 amide bonds. The van der Waals surface area contributed by atoms with Gasteiger partial charge in [0.15, 0.2) is 5.82 Å². The number of carbonyl (C=O) groups excluding carboxylic acids is 1. The normalized spacial score (nSPS) is 19.7. The second-order valence-electron chi connectivity index (χ2n) is 13.9. The highest BCUT2D eigenvalue weighted by atomic mass is 35.5. The molecule has 8 rings (SSSR count). The Labute approximate surface area is 289 Å². The number of aromatic nitrogens is 2. The maximum atomic E-state index is 13.7. The fourth-order valence-corrected chi connectivity index (χ4v) is 9.29. The number of carbonyl (C=O) groups is 1. The monoisotopic (exact) mass is 686 g/mol. The molecule has 0 atom stereocenters. The molecule has 2 aromatic carbocycles. The molecule has 1 spiro atoms. The van der Waals surface area contributed by atoms with Crippen LogP contribution in [0.3, 0.4) is 0 Å². The van der Waals surface area contributed by atoms with Crippen molar-refractivity contribution in [1.82, 2.24) is 14.9 Å². The number of aryl methyl sites for hydroxylation is 1. The molecule has 48 heavy (non-hydrogen) atoms. The molecule has 1 aliphatic carbocycles. The van der Waals surface area contributed by atoms with E-state index in [0.29, 0.717) is 17.5 Å². The van der Waals surface area contributed by atoms with Crippen molar-refractivity contribution in [2.45, 2.75) is 74.6 Å². The number of anilines is 3. The number of benzene rings is 2. The van der Waals surface area contributed by atoms with Crippen molar-refractivity contribution in [2.24, 2.45) is 0 Å². The third-order valence-corrected chi connectivity index (χ3v) is 12.4. The Morgan fingerprint density at radius 3 is 2.27 bits per heavy atom. The van der Waals surface area contributed by atoms with E-state index >= 15 is 0 Å². The van der Waals surface area contributed by atoms with Crippen molar-refractivity contribution in [3.05, 3.63) is 72.1 Å². The van der Waals surface area contributed by atoms with Gasteiger partial charge in [-0.25, -0.2) is 13.4 Å². The maximum Gasteiger partial charge on any atom is 0.262 e. The Hall–Kier alpha value is -3.73. The predicted octanol–water partition coefficient (Wildman–Crippen LogP) is 6.68. The van der Waals surface area contributed by atoms with E-state index in [4.69, 9.17) is 9.97 Å². The fourth-order valence-electron chi connectivity index (χ4n) is 8.24. The molecule has 4 aromatic rings. The van der Waals surface area contributed by atoms with Gasteiger partial charge in [-0.05, 0) is 94.4 Å². The van der Waals surface area contributed by atoms with Gasteiger partial charge < -0.3 is 14.7 Å². The number of hydrogen-bond acceptors (Lipinski definition) is 7. The van der Waals surface area contributed by atoms with Crippen molar-refractivity contribution in [3.63, 3.8) is 0 Å². The number of likely N-dealkylation sites (N-methyl/N-ethyl adjacent to an activating group) is 1. The largest absolute Gasteiger partial charge is 0.355 e. The van der Waals surface area contributed by atoms with Gasteiger partial charge in [0.25, 0.3) is 10.0 Å². The molecule has 11 heteroatoms. The van der Waals surface area contributed by atoms with Crippen molar-refractivity contribution >= 4 is 56.4 Å². The number of hydrogen-bond donors (Lipinski definition) is 1. The van der Waals surface area contributed by atoms with Gasteiger partial charge in [-0.15, -0.1) is 12.4 Å². The summed E-state index contributed by atoms with van der Waals surface area (Å²) in [5, 5.41) is 0.975. The average Bonchev–Trinajstić information content (AvgIpc) is 3.31. The second-order valence-corrected chi connectivity index (χ2v) is 15.6. The predicted molar refractivity (Wildman–Crippen MR) is 194 cm³/mol. The zero-order valence-corrected chi connectivity index (χ0v) is 29.2. The van der Waals surface area contributed by atoms with Crippen LogP contribution in [0.15, 0.2) is 65.8 Å². The zero-order valence-electron chi connectivity index (χ0n) is 27.6. The minimum atomic E-state index is -3.86. The van der Waals surface area contributed by atoms with Crippen molar-refractivity contribution in [1.29, 1.82) is 0 Å². The van der Waals surface area contributed by atoms with E-state index in [1.807, 2.05) is 56.7 Å². The number of halogens is 1. The summed E-state index contributed by atoms with van der Waals surface area (Å²) in [4.78, 5) is 29.9. The molecule has 2 saturated heterocycles. The first-order valence-corrected chi connectivity index (χ1v) is 18.5. The first-order chi connectivity index (χ1) is 22.7. The molecule has 3 fully saturated rings. The number of fused-ring (bicyclic) bond motifs is 4. The lowest BCUT2D eigenvalue weighted by Crippen LogP contribution is -2.47. The molecule has 0 bridgehead atoms. The Bertz CT molecular complexity index is 1970. The van der Waals surface area contributed by atoms with E-state index in [2.05, 4.69) is 20.6 Å². The van der Waals surface area contributed by atoms with E-state index in [9.17, 15) is 13.2 Å². The average molecular weight is 687 g/mol. The lowest BCUT2D eigenvalue weighted by Gasteiger charge is -2.41. The van der Waals surface area contributed by atoms with Gasteiger partial charge in [0.2, 0.25) is 5.91 Å². The molecule has 9 nitrogen and oxygen atoms in total. The van der Waals surface area contributed by atoms with Gasteiger partial charge in [-0.3, -0.25) is 14.5 Å². The van der Waals surface area contributed by atoms with Crippen LogP contribution in [0, 0.1) is 6.92 Å². The number of nitrogens with one attached hydrogen (secondary N) is 1. The van der Waals surface area contributed by atoms with Crippen LogP contribution in [0.2, 0.25) is 0 Å². The Balaban J connectivity index is 0.00000364. The smallest absolute Gasteiger partial charge is 0.262 e. The molecule has 4 aliphatic rings. The molecule has 0 unspecified atom stereocenters. The highest BCUT2D eigenvalue weighted by Gasteiger charge is 2.54. The Morgan fingerprint density at radius 2 is 1.58 bits per heavy atom. The minimum Gasteiger partial charge on any atom is -0.355 e. The number of likely N-dealkylation sites (tertiary alicyclic amines) is 1. The highest BCUT2D eigenvalue weighted by molar-refractivity contribution is 7.92. The molecule has 252 valence electrons. The Kier molecular flexibility index (Phi) is 8.62. The quantitative estimate of drug-likeness (QED) is 0.242. The van der Waals surface area contributed by atoms with E-state index in [1.165, 1.54) is 32.4 Å². The molecule has 1 saturated carbocycles. The van der Waals surface area contributed by atoms with Crippen LogP contribution in [0.5, 0.6) is 0 Å². The third-order valence-electron chi connectivity index (χ3n) is 11.1. The summed E-state index contributed by atoms with van der Waals surface area (Å²) in [5.74, 6) is 0.812. The van der Waals surface area contributed by atoms with Gasteiger partial charge >= 0.3 is 0 Å². The molecule has 0 radical (unpaired) electrons. The summed E-state index contributed by atoms with van der Waals surface area (Å²) in [6.07, 6.45) is 12.3. The van der Waals surface area contributed by atoms with Gasteiger partial charge in [-0.2, -0.15) is 0 Å². The molecule has 1 N–H and O–H groups in total. The number of pyridine rings is 2. The molecular weight excluding hydrogens is 644 g/mol. The van der Waals surface area contributed by atoms with Crippen LogP contribution in [0.4, 0.5) is 17.2 Å². The molecule has 3 aliphatic heterocycles. The van der Waals surface area contributed by atoms with Crippen molar-refractivity contribution in [3.8, 4) is 11.1 Å². The van der Waals surface area contributed by atoms with Crippen LogP contribution < -0.4 is 14.5 Å². The van der Waals surface area contributed by atoms with Gasteiger partial charge in [0.1, 0.15) is 0 Å². The van der Waals surface area contributed by atoms with Gasteiger partial charge in [0, 0.05) is 48.9 Å². The molecular formula is C37H43ClN6O3S. The van der Waals surface area contributed by atoms with E-state index in [0.717, 1.165) is 84.0 Å². The zero-order chi connectivity index (χ0) is 32.3. The summed E-state index contributed by atoms with van der Waals surface area (Å²) >= 11 is 0. The van der Waals surface area contributed by atoms with Crippen LogP contribution >= 0.6 is 12.4 Å². The van der Waals surface area contributed by atoms with E-state index in [-0.39, 0.29) is 23.2 Å². The van der Waals surface area contributed by atoms with Gasteiger partial charge in [-0.1, -0.05) is 36.6 Å². The van der Waals surface area contributed by atoms with E-state index in [1.54, 1.807) is 17.0 Å². The number of amides is 1. The molecule has 2 aromatic heterocycles. The molecule has 5 heterocycles. The minimum absolute atomic E-state index is 0. The fraction of sp³-hybridized carbons (Fsp3) is 0.432. The van der Waals surface area contributed by atoms with Crippen molar-refractivity contribution in [2.75, 3.05) is 47.7 Å². The summed E-state index contributed by atoms with van der Waals surface area (Å²) in [6.45, 7) is 5.94. The summed E-state index contributed by atoms with van der Waals surface area (Å²) in [7, 11) is -2.02.